The van der Waals surface area contributed by atoms with Crippen LogP contribution in [0.5, 0.6) is 11.5 Å². The van der Waals surface area contributed by atoms with Gasteiger partial charge in [0.2, 0.25) is 0 Å². The van der Waals surface area contributed by atoms with E-state index in [1.165, 1.54) is 14.2 Å². The Morgan fingerprint density at radius 3 is 2.53 bits per heavy atom. The number of ether oxygens (including phenoxy) is 2. The maximum atomic E-state index is 11.9. The Morgan fingerprint density at radius 1 is 1.16 bits per heavy atom. The first kappa shape index (κ1) is 23.1. The lowest BCUT2D eigenvalue weighted by Crippen LogP contribution is -2.26. The predicted octanol–water partition coefficient (Wildman–Crippen LogP) is 3.58. The Kier molecular flexibility index (Phi) is 7.02. The monoisotopic (exact) mass is 439 g/mol. The fourth-order valence-electron chi connectivity index (χ4n) is 3.73. The van der Waals surface area contributed by atoms with Gasteiger partial charge >= 0.3 is 0 Å². The molecule has 2 aromatic rings. The SMILES string of the molecule is CC/C(=N\OC)c1cc2c(c(OCc3ccccc3/C(=N\OC)C(N)=O)c1)OC(C)(C)C2. The molecule has 0 atom stereocenters. The van der Waals surface area contributed by atoms with Crippen LogP contribution in [0.4, 0.5) is 0 Å². The highest BCUT2D eigenvalue weighted by atomic mass is 16.6. The van der Waals surface area contributed by atoms with Gasteiger partial charge in [-0.25, -0.2) is 0 Å². The predicted molar refractivity (Wildman–Crippen MR) is 122 cm³/mol. The molecule has 1 heterocycles. The minimum Gasteiger partial charge on any atom is -0.485 e. The van der Waals surface area contributed by atoms with Crippen molar-refractivity contribution < 1.29 is 23.9 Å². The Bertz CT molecular complexity index is 1060. The van der Waals surface area contributed by atoms with E-state index in [0.717, 1.165) is 28.8 Å². The van der Waals surface area contributed by atoms with Gasteiger partial charge in [-0.2, -0.15) is 0 Å². The normalized spacial score (nSPS) is 15.0. The Morgan fingerprint density at radius 2 is 1.88 bits per heavy atom. The first-order valence-corrected chi connectivity index (χ1v) is 10.4. The van der Waals surface area contributed by atoms with Crippen molar-refractivity contribution in [1.29, 1.82) is 0 Å². The number of carbonyl (C=O) groups is 1. The van der Waals surface area contributed by atoms with Crippen LogP contribution >= 0.6 is 0 Å². The van der Waals surface area contributed by atoms with Crippen LogP contribution in [-0.2, 0) is 27.5 Å². The van der Waals surface area contributed by atoms with Crippen LogP contribution in [0.15, 0.2) is 46.7 Å². The largest absolute Gasteiger partial charge is 0.485 e. The van der Waals surface area contributed by atoms with Crippen LogP contribution in [0.25, 0.3) is 0 Å². The number of fused-ring (bicyclic) bond motifs is 1. The molecule has 0 fully saturated rings. The molecule has 0 bridgehead atoms. The van der Waals surface area contributed by atoms with E-state index in [0.29, 0.717) is 23.5 Å². The van der Waals surface area contributed by atoms with Crippen LogP contribution in [0.1, 0.15) is 49.4 Å². The Balaban J connectivity index is 1.99. The van der Waals surface area contributed by atoms with Crippen LogP contribution in [0.3, 0.4) is 0 Å². The molecular formula is C24H29N3O5. The molecule has 8 nitrogen and oxygen atoms in total. The molecule has 8 heteroatoms. The van der Waals surface area contributed by atoms with Crippen LogP contribution in [-0.4, -0.2) is 37.2 Å². The molecule has 32 heavy (non-hydrogen) atoms. The molecule has 2 N–H and O–H groups in total. The molecule has 3 rings (SSSR count). The number of oxime groups is 2. The average molecular weight is 440 g/mol. The van der Waals surface area contributed by atoms with Gasteiger partial charge in [-0.05, 0) is 38.0 Å². The fourth-order valence-corrected chi connectivity index (χ4v) is 3.73. The summed E-state index contributed by atoms with van der Waals surface area (Å²) >= 11 is 0. The van der Waals surface area contributed by atoms with Crippen molar-refractivity contribution in [2.45, 2.75) is 45.8 Å². The number of carbonyl (C=O) groups excluding carboxylic acids is 1. The molecule has 2 aromatic carbocycles. The number of nitrogens with zero attached hydrogens (tertiary/aromatic N) is 2. The highest BCUT2D eigenvalue weighted by Gasteiger charge is 2.33. The standard InChI is InChI=1S/C24H29N3O5/c1-6-19(26-29-4)16-11-17-13-24(2,3)32-22(17)20(12-16)31-14-15-9-7-8-10-18(15)21(23(25)28)27-30-5/h7-12H,6,13-14H2,1-5H3,(H2,25,28)/b26-19+,27-21+. The summed E-state index contributed by atoms with van der Waals surface area (Å²) in [5.74, 6) is 0.625. The summed E-state index contributed by atoms with van der Waals surface area (Å²) in [5, 5.41) is 7.94. The van der Waals surface area contributed by atoms with E-state index in [9.17, 15) is 4.79 Å². The van der Waals surface area contributed by atoms with Crippen LogP contribution in [0.2, 0.25) is 0 Å². The maximum absolute atomic E-state index is 11.9. The van der Waals surface area contributed by atoms with Crippen molar-refractivity contribution in [3.63, 3.8) is 0 Å². The van der Waals surface area contributed by atoms with Gasteiger partial charge < -0.3 is 24.9 Å². The number of amides is 1. The van der Waals surface area contributed by atoms with Crippen molar-refractivity contribution in [2.24, 2.45) is 16.0 Å². The molecule has 1 aliphatic heterocycles. The Hall–Kier alpha value is -3.55. The zero-order chi connectivity index (χ0) is 23.3. The molecule has 0 saturated carbocycles. The molecule has 0 aliphatic carbocycles. The zero-order valence-electron chi connectivity index (χ0n) is 19.1. The summed E-state index contributed by atoms with van der Waals surface area (Å²) in [7, 11) is 2.89. The third-order valence-electron chi connectivity index (χ3n) is 5.07. The average Bonchev–Trinajstić information content (AvgIpc) is 3.08. The molecular weight excluding hydrogens is 410 g/mol. The second kappa shape index (κ2) is 9.72. The number of rotatable bonds is 9. The molecule has 0 saturated heterocycles. The molecule has 0 unspecified atom stereocenters. The lowest BCUT2D eigenvalue weighted by molar-refractivity contribution is -0.112. The van der Waals surface area contributed by atoms with Crippen molar-refractivity contribution in [1.82, 2.24) is 0 Å². The second-order valence-electron chi connectivity index (χ2n) is 8.01. The lowest BCUT2D eigenvalue weighted by Gasteiger charge is -2.19. The first-order valence-electron chi connectivity index (χ1n) is 10.4. The van der Waals surface area contributed by atoms with E-state index in [2.05, 4.69) is 16.4 Å². The van der Waals surface area contributed by atoms with E-state index in [-0.39, 0.29) is 17.9 Å². The Labute approximate surface area is 188 Å². The van der Waals surface area contributed by atoms with Gasteiger partial charge in [-0.3, -0.25) is 4.79 Å². The van der Waals surface area contributed by atoms with Gasteiger partial charge in [-0.15, -0.1) is 0 Å². The third kappa shape index (κ3) is 5.01. The summed E-state index contributed by atoms with van der Waals surface area (Å²) in [6, 6.07) is 11.2. The summed E-state index contributed by atoms with van der Waals surface area (Å²) < 4.78 is 12.4. The summed E-state index contributed by atoms with van der Waals surface area (Å²) in [6.45, 7) is 6.27. The van der Waals surface area contributed by atoms with Gasteiger partial charge in [-0.1, -0.05) is 41.5 Å². The van der Waals surface area contributed by atoms with Gasteiger partial charge in [0.25, 0.3) is 5.91 Å². The number of nitrogens with two attached hydrogens (primary N) is 1. The van der Waals surface area contributed by atoms with Crippen LogP contribution in [0, 0.1) is 0 Å². The van der Waals surface area contributed by atoms with Crippen molar-refractivity contribution >= 4 is 17.3 Å². The molecule has 1 amide bonds. The first-order chi connectivity index (χ1) is 15.3. The highest BCUT2D eigenvalue weighted by Crippen LogP contribution is 2.43. The highest BCUT2D eigenvalue weighted by molar-refractivity contribution is 6.45. The molecule has 1 aliphatic rings. The molecule has 0 spiro atoms. The maximum Gasteiger partial charge on any atom is 0.271 e. The smallest absolute Gasteiger partial charge is 0.271 e. The lowest BCUT2D eigenvalue weighted by atomic mass is 9.98. The minimum absolute atomic E-state index is 0.0311. The van der Waals surface area contributed by atoms with Gasteiger partial charge in [0.1, 0.15) is 26.4 Å². The quantitative estimate of drug-likeness (QED) is 0.475. The van der Waals surface area contributed by atoms with E-state index in [4.69, 9.17) is 24.9 Å². The van der Waals surface area contributed by atoms with Crippen molar-refractivity contribution in [2.75, 3.05) is 14.2 Å². The van der Waals surface area contributed by atoms with Gasteiger partial charge in [0.05, 0.1) is 5.71 Å². The summed E-state index contributed by atoms with van der Waals surface area (Å²) in [6.07, 6.45) is 1.45. The minimum atomic E-state index is -0.685. The second-order valence-corrected chi connectivity index (χ2v) is 8.01. The number of benzene rings is 2. The van der Waals surface area contributed by atoms with Gasteiger partial charge in [0.15, 0.2) is 17.2 Å². The number of hydrogen-bond donors (Lipinski definition) is 1. The molecule has 170 valence electrons. The summed E-state index contributed by atoms with van der Waals surface area (Å²) in [5.41, 5.74) is 9.24. The van der Waals surface area contributed by atoms with E-state index in [1.807, 2.05) is 39.0 Å². The topological polar surface area (TPSA) is 105 Å². The van der Waals surface area contributed by atoms with E-state index < -0.39 is 5.91 Å². The molecule has 0 radical (unpaired) electrons. The van der Waals surface area contributed by atoms with Crippen molar-refractivity contribution in [3.05, 3.63) is 58.7 Å². The number of hydrogen-bond acceptors (Lipinski definition) is 7. The summed E-state index contributed by atoms with van der Waals surface area (Å²) in [4.78, 5) is 21.7. The fraction of sp³-hybridized carbons (Fsp3) is 0.375. The third-order valence-corrected chi connectivity index (χ3v) is 5.07. The number of primary amides is 1. The van der Waals surface area contributed by atoms with E-state index in [1.54, 1.807) is 12.1 Å². The van der Waals surface area contributed by atoms with E-state index >= 15 is 0 Å². The van der Waals surface area contributed by atoms with Crippen molar-refractivity contribution in [3.8, 4) is 11.5 Å². The van der Waals surface area contributed by atoms with Gasteiger partial charge in [0, 0.05) is 23.1 Å². The molecule has 0 aromatic heterocycles. The van der Waals surface area contributed by atoms with Crippen LogP contribution < -0.4 is 15.2 Å². The zero-order valence-corrected chi connectivity index (χ0v) is 19.1.